The molecule has 1 aromatic carbocycles. The summed E-state index contributed by atoms with van der Waals surface area (Å²) in [5, 5.41) is 10.8. The van der Waals surface area contributed by atoms with Crippen molar-refractivity contribution < 1.29 is 29.0 Å². The molecule has 2 bridgehead atoms. The molecule has 38 heavy (non-hydrogen) atoms. The average molecular weight is 559 g/mol. The normalized spacial score (nSPS) is 31.8. The number of aromatic nitrogens is 1. The van der Waals surface area contributed by atoms with Crippen molar-refractivity contribution in [3.05, 3.63) is 38.3 Å². The molecule has 2 aliphatic heterocycles. The van der Waals surface area contributed by atoms with E-state index in [-0.39, 0.29) is 57.9 Å². The molecule has 3 fully saturated rings. The van der Waals surface area contributed by atoms with Crippen LogP contribution in [0.2, 0.25) is 0 Å². The first-order valence-corrected chi connectivity index (χ1v) is 14.6. The Morgan fingerprint density at radius 1 is 1.11 bits per heavy atom. The number of fused-ring (bicyclic) bond motifs is 9. The minimum atomic E-state index is -1.14. The highest BCUT2D eigenvalue weighted by Crippen LogP contribution is 2.68. The third-order valence-corrected chi connectivity index (χ3v) is 11.4. The van der Waals surface area contributed by atoms with Crippen LogP contribution in [0, 0.1) is 35.5 Å². The number of likely N-dealkylation sites (tertiary alicyclic amines) is 1. The molecule has 0 unspecified atom stereocenters. The zero-order valence-corrected chi connectivity index (χ0v) is 23.1. The molecule has 3 heterocycles. The van der Waals surface area contributed by atoms with E-state index in [1.165, 1.54) is 11.3 Å². The number of imide groups is 1. The fraction of sp³-hybridized carbons (Fsp3) is 0.556. The molecule has 2 aromatic rings. The van der Waals surface area contributed by atoms with Gasteiger partial charge in [0.2, 0.25) is 11.8 Å². The highest BCUT2D eigenvalue weighted by Gasteiger charge is 2.70. The van der Waals surface area contributed by atoms with Gasteiger partial charge < -0.3 is 19.6 Å². The second-order valence-corrected chi connectivity index (χ2v) is 13.3. The fourth-order valence-corrected chi connectivity index (χ4v) is 10.4. The molecule has 1 saturated heterocycles. The van der Waals surface area contributed by atoms with Gasteiger partial charge in [0.15, 0.2) is 11.5 Å². The first-order valence-electron chi connectivity index (χ1n) is 12.9. The SMILES string of the molecule is COc1ccc([C@@H]2c3sc(=O)[nH]c3S[C@@H]3[C@H]4C[C@@H]([C@@H]5C(=O)N([C@H](CC(C)C)C(=O)O)C(=O)[C@H]45)[C@H]23)cc1OC. The number of thioether (sulfide) groups is 1. The molecule has 1 aromatic heterocycles. The number of carbonyl (C=O) groups is 3. The number of carboxylic acid groups (broad SMARTS) is 1. The number of benzene rings is 1. The number of hydrogen-bond donors (Lipinski definition) is 2. The lowest BCUT2D eigenvalue weighted by Crippen LogP contribution is -2.47. The van der Waals surface area contributed by atoms with E-state index in [2.05, 4.69) is 4.98 Å². The number of ether oxygens (including phenoxy) is 2. The van der Waals surface area contributed by atoms with Gasteiger partial charge in [0, 0.05) is 16.0 Å². The number of methoxy groups -OCH3 is 2. The summed E-state index contributed by atoms with van der Waals surface area (Å²) in [4.78, 5) is 57.0. The summed E-state index contributed by atoms with van der Waals surface area (Å²) >= 11 is 2.80. The molecule has 2 amide bonds. The van der Waals surface area contributed by atoms with E-state index >= 15 is 0 Å². The summed E-state index contributed by atoms with van der Waals surface area (Å²) in [5.41, 5.74) is 0.968. The smallest absolute Gasteiger partial charge is 0.326 e. The van der Waals surface area contributed by atoms with E-state index in [4.69, 9.17) is 9.47 Å². The maximum absolute atomic E-state index is 13.8. The highest BCUT2D eigenvalue weighted by atomic mass is 32.2. The summed E-state index contributed by atoms with van der Waals surface area (Å²) in [5.74, 6) is -1.92. The van der Waals surface area contributed by atoms with E-state index in [0.29, 0.717) is 11.5 Å². The second kappa shape index (κ2) is 9.15. The van der Waals surface area contributed by atoms with Gasteiger partial charge in [-0.3, -0.25) is 19.3 Å². The Labute approximate surface area is 227 Å². The number of hydrogen-bond acceptors (Lipinski definition) is 8. The predicted octanol–water partition coefficient (Wildman–Crippen LogP) is 3.43. The first-order chi connectivity index (χ1) is 18.2. The molecule has 8 atom stereocenters. The maximum atomic E-state index is 13.8. The summed E-state index contributed by atoms with van der Waals surface area (Å²) in [6, 6.07) is 4.62. The predicted molar refractivity (Wildman–Crippen MR) is 141 cm³/mol. The van der Waals surface area contributed by atoms with Crippen molar-refractivity contribution in [2.24, 2.45) is 35.5 Å². The lowest BCUT2D eigenvalue weighted by Gasteiger charge is -2.43. The van der Waals surface area contributed by atoms with Gasteiger partial charge in [0.1, 0.15) is 6.04 Å². The topological polar surface area (TPSA) is 126 Å². The second-order valence-electron chi connectivity index (χ2n) is 11.1. The van der Waals surface area contributed by atoms with Crippen LogP contribution in [0.25, 0.3) is 0 Å². The largest absolute Gasteiger partial charge is 0.493 e. The monoisotopic (exact) mass is 558 g/mol. The van der Waals surface area contributed by atoms with Crippen LogP contribution >= 0.6 is 23.1 Å². The molecule has 2 aliphatic carbocycles. The molecular weight excluding hydrogens is 528 g/mol. The first kappa shape index (κ1) is 25.5. The lowest BCUT2D eigenvalue weighted by atomic mass is 9.68. The van der Waals surface area contributed by atoms with Crippen molar-refractivity contribution in [2.75, 3.05) is 14.2 Å². The summed E-state index contributed by atoms with van der Waals surface area (Å²) in [6.45, 7) is 3.78. The Morgan fingerprint density at radius 3 is 2.42 bits per heavy atom. The standard InChI is InChI=1S/C27H30N2O7S2/c1-10(2)7-14(26(32)33)29-24(30)19-12-9-13(20(19)25(29)31)21-18(12)17(22-23(37-21)28-27(34)38-22)11-5-6-15(35-3)16(8-11)36-4/h5-6,8,10,12-14,17-21H,7,9H2,1-4H3,(H,28,34)(H,32,33)/t12-,13+,14-,17+,18-,19+,20-,21-/m1/s1. The van der Waals surface area contributed by atoms with Crippen molar-refractivity contribution >= 4 is 40.9 Å². The maximum Gasteiger partial charge on any atom is 0.326 e. The molecule has 9 nitrogen and oxygen atoms in total. The quantitative estimate of drug-likeness (QED) is 0.495. The van der Waals surface area contributed by atoms with Crippen molar-refractivity contribution in [1.29, 1.82) is 0 Å². The van der Waals surface area contributed by atoms with Crippen LogP contribution in [0.1, 0.15) is 43.0 Å². The Bertz CT molecular complexity index is 1380. The van der Waals surface area contributed by atoms with Crippen LogP contribution in [0.4, 0.5) is 0 Å². The van der Waals surface area contributed by atoms with Crippen molar-refractivity contribution in [3.8, 4) is 11.5 Å². The Hall–Kier alpha value is -2.79. The Balaban J connectivity index is 1.43. The number of carbonyl (C=O) groups excluding carboxylic acids is 2. The lowest BCUT2D eigenvalue weighted by molar-refractivity contribution is -0.156. The zero-order valence-electron chi connectivity index (χ0n) is 21.5. The van der Waals surface area contributed by atoms with Crippen LogP contribution in [0.15, 0.2) is 28.0 Å². The van der Waals surface area contributed by atoms with E-state index in [0.717, 1.165) is 26.8 Å². The van der Waals surface area contributed by atoms with Gasteiger partial charge in [-0.2, -0.15) is 0 Å². The molecule has 0 radical (unpaired) electrons. The minimum Gasteiger partial charge on any atom is -0.493 e. The van der Waals surface area contributed by atoms with E-state index in [1.807, 2.05) is 32.0 Å². The number of carboxylic acids is 1. The van der Waals surface area contributed by atoms with Gasteiger partial charge in [-0.05, 0) is 54.2 Å². The number of amides is 2. The third kappa shape index (κ3) is 3.57. The Kier molecular flexibility index (Phi) is 6.14. The molecule has 4 aliphatic rings. The number of H-pyrrole nitrogens is 1. The Morgan fingerprint density at radius 2 is 1.79 bits per heavy atom. The summed E-state index contributed by atoms with van der Waals surface area (Å²) in [6.07, 6.45) is 0.976. The van der Waals surface area contributed by atoms with Crippen LogP contribution < -0.4 is 14.3 Å². The van der Waals surface area contributed by atoms with Gasteiger partial charge in [0.25, 0.3) is 0 Å². The minimum absolute atomic E-state index is 0.0216. The summed E-state index contributed by atoms with van der Waals surface area (Å²) < 4.78 is 11.0. The van der Waals surface area contributed by atoms with Crippen molar-refractivity contribution in [1.82, 2.24) is 9.88 Å². The van der Waals surface area contributed by atoms with Crippen LogP contribution in [0.3, 0.4) is 0 Å². The average Bonchev–Trinajstić information content (AvgIpc) is 3.61. The van der Waals surface area contributed by atoms with Gasteiger partial charge in [-0.15, -0.1) is 11.8 Å². The van der Waals surface area contributed by atoms with Gasteiger partial charge in [0.05, 0.1) is 31.1 Å². The molecule has 11 heteroatoms. The van der Waals surface area contributed by atoms with Gasteiger partial charge in [-0.25, -0.2) is 4.79 Å². The van der Waals surface area contributed by atoms with Crippen LogP contribution in [-0.2, 0) is 14.4 Å². The molecule has 2 saturated carbocycles. The molecule has 6 rings (SSSR count). The van der Waals surface area contributed by atoms with E-state index < -0.39 is 23.8 Å². The van der Waals surface area contributed by atoms with Gasteiger partial charge >= 0.3 is 10.8 Å². The van der Waals surface area contributed by atoms with E-state index in [9.17, 15) is 24.3 Å². The third-order valence-electron chi connectivity index (χ3n) is 8.82. The van der Waals surface area contributed by atoms with Crippen molar-refractivity contribution in [3.63, 3.8) is 0 Å². The van der Waals surface area contributed by atoms with Crippen LogP contribution in [0.5, 0.6) is 11.5 Å². The van der Waals surface area contributed by atoms with Gasteiger partial charge in [-0.1, -0.05) is 31.3 Å². The molecule has 202 valence electrons. The number of nitrogens with zero attached hydrogens (tertiary/aromatic N) is 1. The number of nitrogens with one attached hydrogen (secondary N) is 1. The zero-order chi connectivity index (χ0) is 27.0. The highest BCUT2D eigenvalue weighted by molar-refractivity contribution is 8.00. The van der Waals surface area contributed by atoms with Crippen LogP contribution in [-0.4, -0.2) is 58.3 Å². The van der Waals surface area contributed by atoms with E-state index in [1.54, 1.807) is 26.0 Å². The fourth-order valence-electron chi connectivity index (χ4n) is 7.53. The summed E-state index contributed by atoms with van der Waals surface area (Å²) in [7, 11) is 3.16. The number of aliphatic carboxylic acids is 1. The number of thiazole rings is 1. The molecule has 2 N–H and O–H groups in total. The molecular formula is C27H30N2O7S2. The number of aromatic amines is 1. The molecule has 0 spiro atoms. The number of rotatable bonds is 7. The van der Waals surface area contributed by atoms with Crippen molar-refractivity contribution in [2.45, 2.75) is 48.9 Å².